The van der Waals surface area contributed by atoms with Gasteiger partial charge in [-0.3, -0.25) is 10.1 Å². The Bertz CT molecular complexity index is 667. The molecule has 1 heterocycles. The monoisotopic (exact) mass is 403 g/mol. The van der Waals surface area contributed by atoms with Gasteiger partial charge < -0.3 is 10.2 Å². The summed E-state index contributed by atoms with van der Waals surface area (Å²) < 4.78 is 6.89. The molecule has 3 N–H and O–H groups in total. The third-order valence-corrected chi connectivity index (χ3v) is 3.32. The molecule has 0 saturated carbocycles. The Hall–Kier alpha value is -1.78. The Balaban J connectivity index is 2.45. The second-order valence-corrected chi connectivity index (χ2v) is 5.22. The normalized spacial score (nSPS) is 10.2. The third kappa shape index (κ3) is 3.03. The molecule has 0 radical (unpaired) electrons. The van der Waals surface area contributed by atoms with Crippen LogP contribution in [0.4, 0.5) is 11.5 Å². The highest BCUT2D eigenvalue weighted by molar-refractivity contribution is 9.11. The van der Waals surface area contributed by atoms with Gasteiger partial charge in [-0.2, -0.15) is 4.98 Å². The summed E-state index contributed by atoms with van der Waals surface area (Å²) in [6, 6.07) is 5.11. The zero-order chi connectivity index (χ0) is 14.7. The SMILES string of the molecule is NNc1ncnc(Oc2ccc(Br)cc2Br)c1[N+](=O)[O-]. The number of nitrogens with two attached hydrogens (primary N) is 1. The molecule has 0 atom stereocenters. The summed E-state index contributed by atoms with van der Waals surface area (Å²) in [4.78, 5) is 17.8. The van der Waals surface area contributed by atoms with Crippen molar-refractivity contribution in [1.82, 2.24) is 9.97 Å². The quantitative estimate of drug-likeness (QED) is 0.457. The van der Waals surface area contributed by atoms with Crippen LogP contribution in [0.1, 0.15) is 0 Å². The van der Waals surface area contributed by atoms with Crippen LogP contribution in [0, 0.1) is 10.1 Å². The average molecular weight is 405 g/mol. The van der Waals surface area contributed by atoms with Crippen LogP contribution >= 0.6 is 31.9 Å². The zero-order valence-electron chi connectivity index (χ0n) is 9.71. The molecular formula is C10H7Br2N5O3. The summed E-state index contributed by atoms with van der Waals surface area (Å²) in [6.45, 7) is 0. The van der Waals surface area contributed by atoms with Crippen molar-refractivity contribution >= 4 is 43.4 Å². The number of ether oxygens (including phenoxy) is 1. The number of benzene rings is 1. The Morgan fingerprint density at radius 2 is 2.10 bits per heavy atom. The zero-order valence-corrected chi connectivity index (χ0v) is 12.9. The van der Waals surface area contributed by atoms with Gasteiger partial charge >= 0.3 is 11.6 Å². The number of rotatable bonds is 4. The number of hydrogen-bond acceptors (Lipinski definition) is 7. The number of anilines is 1. The first-order chi connectivity index (χ1) is 9.52. The highest BCUT2D eigenvalue weighted by atomic mass is 79.9. The highest BCUT2D eigenvalue weighted by Crippen LogP contribution is 2.37. The minimum Gasteiger partial charge on any atom is -0.432 e. The van der Waals surface area contributed by atoms with E-state index in [9.17, 15) is 10.1 Å². The van der Waals surface area contributed by atoms with Gasteiger partial charge in [0.25, 0.3) is 0 Å². The molecule has 2 rings (SSSR count). The Morgan fingerprint density at radius 3 is 2.70 bits per heavy atom. The van der Waals surface area contributed by atoms with Gasteiger partial charge in [-0.25, -0.2) is 10.8 Å². The molecule has 0 saturated heterocycles. The van der Waals surface area contributed by atoms with Gasteiger partial charge in [0.2, 0.25) is 5.82 Å². The largest absolute Gasteiger partial charge is 0.432 e. The van der Waals surface area contributed by atoms with E-state index in [0.717, 1.165) is 10.8 Å². The summed E-state index contributed by atoms with van der Waals surface area (Å²) >= 11 is 6.59. The maximum Gasteiger partial charge on any atom is 0.374 e. The Labute approximate surface area is 129 Å². The van der Waals surface area contributed by atoms with E-state index in [0.29, 0.717) is 10.2 Å². The maximum atomic E-state index is 11.1. The van der Waals surface area contributed by atoms with E-state index in [4.69, 9.17) is 10.6 Å². The van der Waals surface area contributed by atoms with Crippen LogP contribution in [0.2, 0.25) is 0 Å². The van der Waals surface area contributed by atoms with Crippen LogP contribution < -0.4 is 16.0 Å². The first-order valence-electron chi connectivity index (χ1n) is 5.12. The lowest BCUT2D eigenvalue weighted by Crippen LogP contribution is -2.12. The first kappa shape index (κ1) is 14.6. The molecule has 1 aromatic heterocycles. The van der Waals surface area contributed by atoms with Crippen molar-refractivity contribution in [3.05, 3.63) is 43.6 Å². The lowest BCUT2D eigenvalue weighted by atomic mass is 10.3. The molecule has 0 aliphatic heterocycles. The van der Waals surface area contributed by atoms with Crippen LogP contribution in [0.5, 0.6) is 11.6 Å². The van der Waals surface area contributed by atoms with Gasteiger partial charge in [-0.15, -0.1) is 0 Å². The second-order valence-electron chi connectivity index (χ2n) is 3.45. The summed E-state index contributed by atoms with van der Waals surface area (Å²) in [5, 5.41) is 11.1. The van der Waals surface area contributed by atoms with Crippen molar-refractivity contribution < 1.29 is 9.66 Å². The van der Waals surface area contributed by atoms with E-state index in [1.807, 2.05) is 0 Å². The second kappa shape index (κ2) is 6.11. The van der Waals surface area contributed by atoms with E-state index in [1.165, 1.54) is 0 Å². The molecule has 10 heteroatoms. The molecule has 0 bridgehead atoms. The van der Waals surface area contributed by atoms with Crippen molar-refractivity contribution in [2.75, 3.05) is 5.43 Å². The van der Waals surface area contributed by atoms with E-state index < -0.39 is 10.6 Å². The van der Waals surface area contributed by atoms with Gasteiger partial charge in [-0.05, 0) is 34.1 Å². The molecule has 20 heavy (non-hydrogen) atoms. The number of hydrazine groups is 1. The number of hydrogen-bond donors (Lipinski definition) is 2. The van der Waals surface area contributed by atoms with Crippen molar-refractivity contribution in [3.8, 4) is 11.6 Å². The molecule has 0 spiro atoms. The predicted molar refractivity (Wildman–Crippen MR) is 78.4 cm³/mol. The minimum atomic E-state index is -0.669. The Kier molecular flexibility index (Phi) is 4.47. The van der Waals surface area contributed by atoms with Crippen molar-refractivity contribution in [3.63, 3.8) is 0 Å². The van der Waals surface area contributed by atoms with Gasteiger partial charge in [0.1, 0.15) is 12.1 Å². The average Bonchev–Trinajstić information content (AvgIpc) is 2.41. The number of halogens is 2. The maximum absolute atomic E-state index is 11.1. The van der Waals surface area contributed by atoms with Gasteiger partial charge in [0.15, 0.2) is 0 Å². The van der Waals surface area contributed by atoms with Crippen molar-refractivity contribution in [2.24, 2.45) is 5.84 Å². The molecule has 104 valence electrons. The fourth-order valence-corrected chi connectivity index (χ4v) is 2.50. The van der Waals surface area contributed by atoms with Crippen LogP contribution in [0.25, 0.3) is 0 Å². The van der Waals surface area contributed by atoms with Crippen LogP contribution in [-0.2, 0) is 0 Å². The molecule has 0 unspecified atom stereocenters. The van der Waals surface area contributed by atoms with Gasteiger partial charge in [0, 0.05) is 4.47 Å². The fourth-order valence-electron chi connectivity index (χ4n) is 1.37. The van der Waals surface area contributed by atoms with E-state index in [2.05, 4.69) is 47.3 Å². The van der Waals surface area contributed by atoms with Crippen LogP contribution in [0.3, 0.4) is 0 Å². The summed E-state index contributed by atoms with van der Waals surface area (Å²) in [5.41, 5.74) is 1.69. The fraction of sp³-hybridized carbons (Fsp3) is 0. The predicted octanol–water partition coefficient (Wildman–Crippen LogP) is 2.99. The lowest BCUT2D eigenvalue weighted by Gasteiger charge is -2.08. The van der Waals surface area contributed by atoms with Gasteiger partial charge in [0.05, 0.1) is 9.40 Å². The lowest BCUT2D eigenvalue weighted by molar-refractivity contribution is -0.385. The van der Waals surface area contributed by atoms with Gasteiger partial charge in [-0.1, -0.05) is 15.9 Å². The standard InChI is InChI=1S/C10H7Br2N5O3/c11-5-1-2-7(6(12)3-5)20-10-8(17(18)19)9(16-13)14-4-15-10/h1-4H,13H2,(H,14,15,16). The topological polar surface area (TPSA) is 116 Å². The molecule has 0 fully saturated rings. The van der Waals surface area contributed by atoms with Crippen molar-refractivity contribution in [1.29, 1.82) is 0 Å². The highest BCUT2D eigenvalue weighted by Gasteiger charge is 2.25. The first-order valence-corrected chi connectivity index (χ1v) is 6.70. The molecule has 1 aromatic carbocycles. The molecule has 0 amide bonds. The van der Waals surface area contributed by atoms with Crippen molar-refractivity contribution in [2.45, 2.75) is 0 Å². The van der Waals surface area contributed by atoms with Crippen LogP contribution in [0.15, 0.2) is 33.5 Å². The molecule has 2 aromatic rings. The molecule has 0 aliphatic carbocycles. The molecular weight excluding hydrogens is 398 g/mol. The minimum absolute atomic E-state index is 0.131. The smallest absolute Gasteiger partial charge is 0.374 e. The Morgan fingerprint density at radius 1 is 1.35 bits per heavy atom. The van der Waals surface area contributed by atoms with E-state index in [-0.39, 0.29) is 11.7 Å². The molecule has 8 nitrogen and oxygen atoms in total. The number of nitrogens with zero attached hydrogens (tertiary/aromatic N) is 3. The summed E-state index contributed by atoms with van der Waals surface area (Å²) in [5.74, 6) is 5.22. The van der Waals surface area contributed by atoms with E-state index >= 15 is 0 Å². The number of aromatic nitrogens is 2. The number of nitrogens with one attached hydrogen (secondary N) is 1. The number of nitrogen functional groups attached to an aromatic ring is 1. The summed E-state index contributed by atoms with van der Waals surface area (Å²) in [6.07, 6.45) is 1.12. The van der Waals surface area contributed by atoms with E-state index in [1.54, 1.807) is 18.2 Å². The third-order valence-electron chi connectivity index (χ3n) is 2.21. The van der Waals surface area contributed by atoms with Crippen LogP contribution in [-0.4, -0.2) is 14.9 Å². The number of nitro groups is 1. The summed E-state index contributed by atoms with van der Waals surface area (Å²) in [7, 11) is 0. The molecule has 0 aliphatic rings.